The van der Waals surface area contributed by atoms with Crippen molar-refractivity contribution < 1.29 is 24.0 Å². The topological polar surface area (TPSA) is 140 Å². The van der Waals surface area contributed by atoms with Gasteiger partial charge in [-0.1, -0.05) is 24.3 Å². The number of amides is 3. The van der Waals surface area contributed by atoms with Crippen LogP contribution in [0, 0.1) is 17.0 Å². The van der Waals surface area contributed by atoms with E-state index in [9.17, 15) is 24.5 Å². The number of nitrogens with one attached hydrogen (secondary N) is 3. The van der Waals surface area contributed by atoms with Gasteiger partial charge < -0.3 is 20.7 Å². The van der Waals surface area contributed by atoms with E-state index in [1.165, 1.54) is 6.07 Å². The van der Waals surface area contributed by atoms with Crippen molar-refractivity contribution >= 4 is 40.7 Å². The Labute approximate surface area is 195 Å². The Hall–Kier alpha value is -4.73. The van der Waals surface area contributed by atoms with Crippen LogP contribution in [0.25, 0.3) is 0 Å². The second-order valence-corrected chi connectivity index (χ2v) is 7.18. The summed E-state index contributed by atoms with van der Waals surface area (Å²) in [6.45, 7) is 3.44. The summed E-state index contributed by atoms with van der Waals surface area (Å²) < 4.78 is 4.89. The van der Waals surface area contributed by atoms with E-state index in [0.717, 1.165) is 12.1 Å². The highest BCUT2D eigenvalue weighted by molar-refractivity contribution is 6.07. The Balaban J connectivity index is 1.79. The zero-order valence-electron chi connectivity index (χ0n) is 18.5. The third-order valence-corrected chi connectivity index (χ3v) is 4.68. The smallest absolute Gasteiger partial charge is 0.338 e. The number of para-hydroxylation sites is 1. The van der Waals surface area contributed by atoms with Crippen LogP contribution in [0.2, 0.25) is 0 Å². The van der Waals surface area contributed by atoms with Gasteiger partial charge >= 0.3 is 12.0 Å². The second-order valence-electron chi connectivity index (χ2n) is 7.18. The molecule has 3 amide bonds. The number of hydrogen-bond acceptors (Lipinski definition) is 6. The summed E-state index contributed by atoms with van der Waals surface area (Å²) in [4.78, 5) is 47.8. The summed E-state index contributed by atoms with van der Waals surface area (Å²) in [5.41, 5.74) is 1.50. The highest BCUT2D eigenvalue weighted by atomic mass is 16.6. The summed E-state index contributed by atoms with van der Waals surface area (Å²) in [7, 11) is 0. The molecule has 0 heterocycles. The van der Waals surface area contributed by atoms with E-state index >= 15 is 0 Å². The number of rotatable bonds is 7. The fourth-order valence-corrected chi connectivity index (χ4v) is 3.02. The molecule has 34 heavy (non-hydrogen) atoms. The van der Waals surface area contributed by atoms with Crippen molar-refractivity contribution in [3.8, 4) is 0 Å². The highest BCUT2D eigenvalue weighted by Gasteiger charge is 2.19. The number of nitro groups is 1. The minimum absolute atomic E-state index is 0.0832. The van der Waals surface area contributed by atoms with Crippen LogP contribution >= 0.6 is 0 Å². The molecule has 0 aliphatic rings. The van der Waals surface area contributed by atoms with Crippen LogP contribution in [0.4, 0.5) is 27.5 Å². The summed E-state index contributed by atoms with van der Waals surface area (Å²) in [5, 5.41) is 19.3. The standard InChI is InChI=1S/C24H22N4O6/c1-3-34-23(30)17-11-16(12-20(13-17)28(32)33)22(29)27-21-14-19(10-9-15(21)2)26-24(31)25-18-7-5-4-6-8-18/h4-14H,3H2,1-2H3,(H,27,29)(H2,25,26,31). The second kappa shape index (κ2) is 10.7. The molecular weight excluding hydrogens is 440 g/mol. The van der Waals surface area contributed by atoms with E-state index in [0.29, 0.717) is 22.6 Å². The molecule has 0 atom stereocenters. The van der Waals surface area contributed by atoms with Crippen molar-refractivity contribution in [1.82, 2.24) is 0 Å². The van der Waals surface area contributed by atoms with Gasteiger partial charge in [0.05, 0.1) is 17.1 Å². The number of ether oxygens (including phenoxy) is 1. The van der Waals surface area contributed by atoms with E-state index in [4.69, 9.17) is 4.74 Å². The first-order chi connectivity index (χ1) is 16.3. The van der Waals surface area contributed by atoms with Crippen LogP contribution in [0.1, 0.15) is 33.2 Å². The lowest BCUT2D eigenvalue weighted by molar-refractivity contribution is -0.384. The molecule has 0 aromatic heterocycles. The summed E-state index contributed by atoms with van der Waals surface area (Å²) in [6, 6.07) is 16.7. The Morgan fingerprint density at radius 2 is 1.56 bits per heavy atom. The zero-order valence-corrected chi connectivity index (χ0v) is 18.5. The zero-order chi connectivity index (χ0) is 24.7. The Kier molecular flexibility index (Phi) is 7.55. The molecule has 0 radical (unpaired) electrons. The van der Waals surface area contributed by atoms with Gasteiger partial charge in [0.25, 0.3) is 11.6 Å². The van der Waals surface area contributed by atoms with Crippen LogP contribution in [-0.4, -0.2) is 29.4 Å². The number of urea groups is 1. The number of carbonyl (C=O) groups is 3. The number of esters is 1. The minimum atomic E-state index is -0.771. The molecule has 0 bridgehead atoms. The number of non-ortho nitro benzene ring substituents is 1. The quantitative estimate of drug-likeness (QED) is 0.257. The fraction of sp³-hybridized carbons (Fsp3) is 0.125. The maximum absolute atomic E-state index is 12.9. The molecule has 0 saturated carbocycles. The molecule has 0 fully saturated rings. The number of hydrogen-bond donors (Lipinski definition) is 3. The first-order valence-corrected chi connectivity index (χ1v) is 10.3. The largest absolute Gasteiger partial charge is 0.462 e. The van der Waals surface area contributed by atoms with Crippen molar-refractivity contribution in [2.45, 2.75) is 13.8 Å². The molecule has 3 aromatic rings. The van der Waals surface area contributed by atoms with Crippen LogP contribution in [0.5, 0.6) is 0 Å². The number of aryl methyl sites for hydroxylation is 1. The molecular formula is C24H22N4O6. The molecule has 174 valence electrons. The van der Waals surface area contributed by atoms with Gasteiger partial charge in [-0.05, 0) is 49.7 Å². The third-order valence-electron chi connectivity index (χ3n) is 4.68. The predicted molar refractivity (Wildman–Crippen MR) is 127 cm³/mol. The first kappa shape index (κ1) is 23.9. The molecule has 0 unspecified atom stereocenters. The average Bonchev–Trinajstić information content (AvgIpc) is 2.81. The van der Waals surface area contributed by atoms with Gasteiger partial charge in [-0.3, -0.25) is 14.9 Å². The molecule has 0 aliphatic carbocycles. The number of carbonyl (C=O) groups excluding carboxylic acids is 3. The van der Waals surface area contributed by atoms with Crippen molar-refractivity contribution in [2.24, 2.45) is 0 Å². The lowest BCUT2D eigenvalue weighted by Gasteiger charge is -2.13. The fourth-order valence-electron chi connectivity index (χ4n) is 3.02. The molecule has 0 saturated heterocycles. The highest BCUT2D eigenvalue weighted by Crippen LogP contribution is 2.23. The van der Waals surface area contributed by atoms with Gasteiger partial charge in [-0.2, -0.15) is 0 Å². The number of anilines is 3. The molecule has 10 heteroatoms. The van der Waals surface area contributed by atoms with Crippen LogP contribution in [-0.2, 0) is 4.74 Å². The maximum atomic E-state index is 12.9. The molecule has 0 aliphatic heterocycles. The summed E-state index contributed by atoms with van der Waals surface area (Å²) in [5.74, 6) is -1.43. The molecule has 3 N–H and O–H groups in total. The van der Waals surface area contributed by atoms with E-state index < -0.39 is 28.5 Å². The molecule has 0 spiro atoms. The Morgan fingerprint density at radius 3 is 2.24 bits per heavy atom. The van der Waals surface area contributed by atoms with E-state index in [1.54, 1.807) is 56.3 Å². The lowest BCUT2D eigenvalue weighted by Crippen LogP contribution is -2.20. The van der Waals surface area contributed by atoms with Crippen molar-refractivity contribution in [2.75, 3.05) is 22.6 Å². The average molecular weight is 462 g/mol. The van der Waals surface area contributed by atoms with E-state index in [2.05, 4.69) is 16.0 Å². The number of nitrogens with zero attached hydrogens (tertiary/aromatic N) is 1. The predicted octanol–water partition coefficient (Wildman–Crippen LogP) is 4.98. The Bertz CT molecular complexity index is 1240. The lowest BCUT2D eigenvalue weighted by atomic mass is 10.1. The molecule has 3 aromatic carbocycles. The van der Waals surface area contributed by atoms with Crippen molar-refractivity contribution in [1.29, 1.82) is 0 Å². The van der Waals surface area contributed by atoms with E-state index in [-0.39, 0.29) is 17.7 Å². The van der Waals surface area contributed by atoms with Gasteiger partial charge in [0.15, 0.2) is 0 Å². The van der Waals surface area contributed by atoms with Gasteiger partial charge in [0.1, 0.15) is 0 Å². The van der Waals surface area contributed by atoms with Crippen LogP contribution < -0.4 is 16.0 Å². The summed E-state index contributed by atoms with van der Waals surface area (Å²) in [6.07, 6.45) is 0. The monoisotopic (exact) mass is 462 g/mol. The molecule has 10 nitrogen and oxygen atoms in total. The van der Waals surface area contributed by atoms with Crippen LogP contribution in [0.3, 0.4) is 0 Å². The summed E-state index contributed by atoms with van der Waals surface area (Å²) >= 11 is 0. The first-order valence-electron chi connectivity index (χ1n) is 10.3. The number of nitro benzene ring substituents is 1. The molecule has 3 rings (SSSR count). The van der Waals surface area contributed by atoms with Gasteiger partial charge in [-0.25, -0.2) is 9.59 Å². The van der Waals surface area contributed by atoms with Gasteiger partial charge in [0, 0.05) is 34.8 Å². The Morgan fingerprint density at radius 1 is 0.882 bits per heavy atom. The van der Waals surface area contributed by atoms with Crippen molar-refractivity contribution in [3.05, 3.63) is 93.5 Å². The minimum Gasteiger partial charge on any atom is -0.462 e. The maximum Gasteiger partial charge on any atom is 0.338 e. The SMILES string of the molecule is CCOC(=O)c1cc(C(=O)Nc2cc(NC(=O)Nc3ccccc3)ccc2C)cc([N+](=O)[O-])c1. The van der Waals surface area contributed by atoms with Gasteiger partial charge in [-0.15, -0.1) is 0 Å². The van der Waals surface area contributed by atoms with Crippen LogP contribution in [0.15, 0.2) is 66.7 Å². The third kappa shape index (κ3) is 6.16. The van der Waals surface area contributed by atoms with E-state index in [1.807, 2.05) is 6.07 Å². The normalized spacial score (nSPS) is 10.2. The van der Waals surface area contributed by atoms with Crippen molar-refractivity contribution in [3.63, 3.8) is 0 Å². The van der Waals surface area contributed by atoms with Gasteiger partial charge in [0.2, 0.25) is 0 Å². The number of benzene rings is 3.